The Morgan fingerprint density at radius 3 is 2.52 bits per heavy atom. The number of nitrogens with zero attached hydrogens (tertiary/aromatic N) is 2. The predicted molar refractivity (Wildman–Crippen MR) is 157 cm³/mol. The summed E-state index contributed by atoms with van der Waals surface area (Å²) in [7, 11) is 0. The Morgan fingerprint density at radius 1 is 0.950 bits per heavy atom. The van der Waals surface area contributed by atoms with Gasteiger partial charge in [-0.1, -0.05) is 42.8 Å². The van der Waals surface area contributed by atoms with Crippen LogP contribution in [0.1, 0.15) is 82.8 Å². The highest BCUT2D eigenvalue weighted by Gasteiger charge is 2.41. The molecule has 7 heteroatoms. The quantitative estimate of drug-likeness (QED) is 0.382. The standard InChI is InChI=1S/C33H38N4O3/c1-21-27-14-15-28-30(21)34-35-37(28)17-6-4-5-7-22-8-10-24(11-9-22)31(38)36-18-16-23-12-13-25(19-26(23)20-36)29(27)33(2,3)32(39)40/h8-15,19,29,34-35H,4-7,16-18,20H2,1-3H3,(H,39,40). The molecule has 0 aromatic heterocycles. The molecule has 0 radical (unpaired) electrons. The van der Waals surface area contributed by atoms with E-state index in [9.17, 15) is 14.7 Å². The van der Waals surface area contributed by atoms with Crippen molar-refractivity contribution < 1.29 is 14.7 Å². The molecule has 3 N–H and O–H groups in total. The van der Waals surface area contributed by atoms with Crippen molar-refractivity contribution in [1.82, 2.24) is 10.4 Å². The number of hydrazine groups is 2. The highest BCUT2D eigenvalue weighted by Crippen LogP contribution is 2.46. The van der Waals surface area contributed by atoms with Crippen molar-refractivity contribution >= 4 is 23.3 Å². The molecule has 1 atom stereocenters. The van der Waals surface area contributed by atoms with E-state index in [1.165, 1.54) is 11.1 Å². The van der Waals surface area contributed by atoms with Crippen molar-refractivity contribution in [1.29, 1.82) is 0 Å². The molecule has 9 rings (SSSR count). The summed E-state index contributed by atoms with van der Waals surface area (Å²) in [6.07, 6.45) is 5.03. The molecule has 208 valence electrons. The van der Waals surface area contributed by atoms with Gasteiger partial charge in [0.1, 0.15) is 0 Å². The van der Waals surface area contributed by atoms with Gasteiger partial charge in [-0.05, 0) is 98.0 Å². The molecule has 6 aliphatic heterocycles. The fourth-order valence-electron chi connectivity index (χ4n) is 6.58. The molecule has 0 spiro atoms. The number of hydrogen-bond acceptors (Lipinski definition) is 5. The third-order valence-corrected chi connectivity index (χ3v) is 9.09. The fraction of sp³-hybridized carbons (Fsp3) is 0.394. The molecule has 1 unspecified atom stereocenters. The maximum absolute atomic E-state index is 13.5. The number of hydrogen-bond donors (Lipinski definition) is 3. The van der Waals surface area contributed by atoms with Crippen LogP contribution in [0.2, 0.25) is 0 Å². The van der Waals surface area contributed by atoms with Crippen molar-refractivity contribution in [2.75, 3.05) is 23.5 Å². The summed E-state index contributed by atoms with van der Waals surface area (Å²) in [5.41, 5.74) is 15.0. The summed E-state index contributed by atoms with van der Waals surface area (Å²) < 4.78 is 0. The smallest absolute Gasteiger partial charge is 0.310 e. The summed E-state index contributed by atoms with van der Waals surface area (Å²) in [6, 6.07) is 18.7. The van der Waals surface area contributed by atoms with Gasteiger partial charge in [0.25, 0.3) is 5.91 Å². The number of carboxylic acids is 1. The molecule has 6 aliphatic rings. The van der Waals surface area contributed by atoms with Gasteiger partial charge in [0.15, 0.2) is 0 Å². The van der Waals surface area contributed by atoms with Crippen molar-refractivity contribution in [3.8, 4) is 0 Å². The van der Waals surface area contributed by atoms with Crippen molar-refractivity contribution in [2.24, 2.45) is 5.41 Å². The Labute approximate surface area is 236 Å². The van der Waals surface area contributed by atoms with Gasteiger partial charge in [-0.25, -0.2) is 0 Å². The zero-order valence-corrected chi connectivity index (χ0v) is 23.6. The third-order valence-electron chi connectivity index (χ3n) is 9.09. The Balaban J connectivity index is 1.46. The minimum Gasteiger partial charge on any atom is -0.481 e. The van der Waals surface area contributed by atoms with Crippen LogP contribution >= 0.6 is 0 Å². The molecule has 40 heavy (non-hydrogen) atoms. The van der Waals surface area contributed by atoms with Gasteiger partial charge in [0.2, 0.25) is 0 Å². The number of rotatable bonds is 2. The topological polar surface area (TPSA) is 84.9 Å². The second kappa shape index (κ2) is 10.3. The average Bonchev–Trinajstić information content (AvgIpc) is 3.37. The van der Waals surface area contributed by atoms with E-state index in [0.29, 0.717) is 13.1 Å². The minimum atomic E-state index is -1.06. The van der Waals surface area contributed by atoms with Gasteiger partial charge in [-0.15, -0.1) is 5.53 Å². The second-order valence-electron chi connectivity index (χ2n) is 12.0. The number of carbonyl (C=O) groups is 2. The summed E-state index contributed by atoms with van der Waals surface area (Å²) in [4.78, 5) is 28.0. The number of nitrogens with one attached hydrogen (secondary N) is 2. The van der Waals surface area contributed by atoms with Gasteiger partial charge in [-0.3, -0.25) is 14.6 Å². The molecule has 7 nitrogen and oxygen atoms in total. The molecule has 0 fully saturated rings. The van der Waals surface area contributed by atoms with Gasteiger partial charge < -0.3 is 15.4 Å². The van der Waals surface area contributed by atoms with Crippen LogP contribution in [0.4, 0.5) is 11.4 Å². The van der Waals surface area contributed by atoms with Gasteiger partial charge in [0.05, 0.1) is 16.8 Å². The zero-order chi connectivity index (χ0) is 28.0. The molecule has 6 heterocycles. The van der Waals surface area contributed by atoms with Crippen LogP contribution < -0.4 is 16.0 Å². The largest absolute Gasteiger partial charge is 0.481 e. The summed E-state index contributed by atoms with van der Waals surface area (Å²) in [5.74, 6) is -1.16. The van der Waals surface area contributed by atoms with Crippen molar-refractivity contribution in [3.63, 3.8) is 0 Å². The van der Waals surface area contributed by atoms with E-state index in [-0.39, 0.29) is 11.8 Å². The van der Waals surface area contributed by atoms with Crippen molar-refractivity contribution in [3.05, 3.63) is 93.5 Å². The Morgan fingerprint density at radius 2 is 1.75 bits per heavy atom. The molecule has 0 saturated heterocycles. The predicted octanol–water partition coefficient (Wildman–Crippen LogP) is 5.81. The van der Waals surface area contributed by atoms with Crippen LogP contribution in [0.25, 0.3) is 0 Å². The number of amides is 1. The minimum absolute atomic E-state index is 0.0489. The van der Waals surface area contributed by atoms with E-state index in [4.69, 9.17) is 0 Å². The first-order valence-electron chi connectivity index (χ1n) is 14.4. The lowest BCUT2D eigenvalue weighted by atomic mass is 9.69. The molecule has 0 aliphatic carbocycles. The number of carboxylic acid groups (broad SMARTS) is 1. The maximum Gasteiger partial charge on any atom is 0.310 e. The summed E-state index contributed by atoms with van der Waals surface area (Å²) in [6.45, 7) is 7.77. The zero-order valence-electron chi connectivity index (χ0n) is 23.6. The second-order valence-corrected chi connectivity index (χ2v) is 12.0. The average molecular weight is 539 g/mol. The maximum atomic E-state index is 13.5. The van der Waals surface area contributed by atoms with Crippen molar-refractivity contribution in [2.45, 2.75) is 65.3 Å². The van der Waals surface area contributed by atoms with Crippen LogP contribution in [-0.4, -0.2) is 35.0 Å². The molecular formula is C33H38N4O3. The Hall–Kier alpha value is -3.84. The van der Waals surface area contributed by atoms with Gasteiger partial charge in [0, 0.05) is 31.1 Å². The van der Waals surface area contributed by atoms with E-state index >= 15 is 0 Å². The third kappa shape index (κ3) is 4.62. The normalized spacial score (nSPS) is 19.1. The summed E-state index contributed by atoms with van der Waals surface area (Å²) >= 11 is 0. The number of aryl methyl sites for hydroxylation is 1. The highest BCUT2D eigenvalue weighted by atomic mass is 16.4. The molecule has 9 bridgehead atoms. The van der Waals surface area contributed by atoms with Crippen LogP contribution in [0.15, 0.2) is 54.6 Å². The monoisotopic (exact) mass is 538 g/mol. The highest BCUT2D eigenvalue weighted by molar-refractivity contribution is 5.94. The lowest BCUT2D eigenvalue weighted by molar-refractivity contribution is -0.147. The Kier molecular flexibility index (Phi) is 6.78. The number of anilines is 2. The van der Waals surface area contributed by atoms with Crippen LogP contribution in [0.5, 0.6) is 0 Å². The molecule has 0 saturated carbocycles. The van der Waals surface area contributed by atoms with E-state index in [1.807, 2.05) is 30.9 Å². The first kappa shape index (κ1) is 26.4. The SMILES string of the molecule is Cc1c2ccc3c1NNN3CCCCCc1ccc(cc1)C(=O)N1CCc3ccc(cc3C1)C2C(C)(C)C(=O)O. The lowest BCUT2D eigenvalue weighted by Crippen LogP contribution is -2.36. The molecule has 3 aromatic carbocycles. The van der Waals surface area contributed by atoms with E-state index in [2.05, 4.69) is 65.4 Å². The van der Waals surface area contributed by atoms with Gasteiger partial charge in [-0.2, -0.15) is 0 Å². The van der Waals surface area contributed by atoms with Gasteiger partial charge >= 0.3 is 5.97 Å². The van der Waals surface area contributed by atoms with E-state index in [0.717, 1.165) is 77.8 Å². The molecular weight excluding hydrogens is 500 g/mol. The number of aliphatic carboxylic acids is 1. The first-order valence-corrected chi connectivity index (χ1v) is 14.4. The Bertz CT molecular complexity index is 1460. The summed E-state index contributed by atoms with van der Waals surface area (Å²) in [5, 5.41) is 12.5. The van der Waals surface area contributed by atoms with E-state index in [1.54, 1.807) is 0 Å². The fourth-order valence-corrected chi connectivity index (χ4v) is 6.58. The van der Waals surface area contributed by atoms with E-state index < -0.39 is 11.4 Å². The molecule has 1 amide bonds. The van der Waals surface area contributed by atoms with Crippen LogP contribution in [0.3, 0.4) is 0 Å². The number of carbonyl (C=O) groups excluding carboxylic acids is 1. The van der Waals surface area contributed by atoms with Crippen LogP contribution in [0, 0.1) is 12.3 Å². The molecule has 3 aromatic rings. The first-order chi connectivity index (χ1) is 19.2. The number of benzene rings is 3. The van der Waals surface area contributed by atoms with Crippen LogP contribution in [-0.2, 0) is 24.2 Å². The lowest BCUT2D eigenvalue weighted by Gasteiger charge is -2.35.